The molecule has 0 saturated carbocycles. The van der Waals surface area contributed by atoms with Gasteiger partial charge in [0.05, 0.1) is 4.88 Å². The molecule has 0 radical (unpaired) electrons. The largest absolute Gasteiger partial charge is 0.452 e. The van der Waals surface area contributed by atoms with E-state index in [1.54, 1.807) is 6.92 Å². The van der Waals surface area contributed by atoms with Crippen molar-refractivity contribution in [1.82, 2.24) is 10.2 Å². The third-order valence-corrected chi connectivity index (χ3v) is 5.17. The summed E-state index contributed by atoms with van der Waals surface area (Å²) in [5.41, 5.74) is 1.74. The molecule has 2 heterocycles. The minimum atomic E-state index is -0.649. The van der Waals surface area contributed by atoms with Gasteiger partial charge in [0, 0.05) is 0 Å². The van der Waals surface area contributed by atoms with Crippen molar-refractivity contribution in [2.45, 2.75) is 18.9 Å². The average molecular weight is 390 g/mol. The molecule has 1 atom stereocenters. The zero-order valence-electron chi connectivity index (χ0n) is 15.2. The molecule has 0 aliphatic rings. The maximum Gasteiger partial charge on any atom is 0.318 e. The Balaban J connectivity index is 1.56. The molecule has 0 aliphatic heterocycles. The van der Waals surface area contributed by atoms with Crippen molar-refractivity contribution >= 4 is 17.3 Å². The minimum Gasteiger partial charge on any atom is -0.452 e. The highest BCUT2D eigenvalue weighted by Gasteiger charge is 2.28. The Bertz CT molecular complexity index is 991. The fourth-order valence-electron chi connectivity index (χ4n) is 2.95. The quantitative estimate of drug-likeness (QED) is 0.422. The molecule has 140 valence electrons. The second kappa shape index (κ2) is 8.19. The summed E-state index contributed by atoms with van der Waals surface area (Å²) in [6.07, 6.45) is -0.649. The van der Waals surface area contributed by atoms with Crippen LogP contribution >= 0.6 is 11.3 Å². The van der Waals surface area contributed by atoms with E-state index in [4.69, 9.17) is 9.15 Å². The molecule has 2 aromatic heterocycles. The van der Waals surface area contributed by atoms with E-state index in [0.29, 0.717) is 5.89 Å². The summed E-state index contributed by atoms with van der Waals surface area (Å²) >= 11 is 1.51. The molecule has 0 amide bonds. The number of ether oxygens (including phenoxy) is 1. The van der Waals surface area contributed by atoms with Gasteiger partial charge in [-0.25, -0.2) is 0 Å². The molecule has 5 nitrogen and oxygen atoms in total. The molecule has 28 heavy (non-hydrogen) atoms. The molecule has 4 aromatic rings. The van der Waals surface area contributed by atoms with Gasteiger partial charge in [-0.15, -0.1) is 21.5 Å². The summed E-state index contributed by atoms with van der Waals surface area (Å²) in [6, 6.07) is 23.0. The summed E-state index contributed by atoms with van der Waals surface area (Å²) in [4.78, 5) is 13.9. The number of rotatable bonds is 6. The van der Waals surface area contributed by atoms with Crippen molar-refractivity contribution in [3.05, 3.63) is 95.2 Å². The molecule has 0 fully saturated rings. The lowest BCUT2D eigenvalue weighted by Crippen LogP contribution is -2.19. The topological polar surface area (TPSA) is 65.2 Å². The Kier molecular flexibility index (Phi) is 5.30. The smallest absolute Gasteiger partial charge is 0.318 e. The Labute approximate surface area is 166 Å². The summed E-state index contributed by atoms with van der Waals surface area (Å²) in [5, 5.41) is 10.0. The van der Waals surface area contributed by atoms with Crippen LogP contribution in [0.15, 0.2) is 82.6 Å². The van der Waals surface area contributed by atoms with Crippen molar-refractivity contribution in [3.63, 3.8) is 0 Å². The van der Waals surface area contributed by atoms with Crippen LogP contribution in [0.4, 0.5) is 0 Å². The number of nitrogens with zero attached hydrogens (tertiary/aromatic N) is 2. The first kappa shape index (κ1) is 18.1. The van der Waals surface area contributed by atoms with Crippen molar-refractivity contribution in [1.29, 1.82) is 0 Å². The van der Waals surface area contributed by atoms with E-state index in [0.717, 1.165) is 16.0 Å². The van der Waals surface area contributed by atoms with E-state index in [1.165, 1.54) is 11.3 Å². The highest BCUT2D eigenvalue weighted by Crippen LogP contribution is 2.30. The van der Waals surface area contributed by atoms with Gasteiger partial charge in [0.1, 0.15) is 5.92 Å². The number of thiophene rings is 1. The maximum absolute atomic E-state index is 13.1. The first-order valence-electron chi connectivity index (χ1n) is 8.90. The highest BCUT2D eigenvalue weighted by molar-refractivity contribution is 7.13. The van der Waals surface area contributed by atoms with Crippen LogP contribution in [0.3, 0.4) is 0 Å². The van der Waals surface area contributed by atoms with E-state index in [1.807, 2.05) is 78.2 Å². The molecule has 2 aromatic carbocycles. The standard InChI is InChI=1S/C22H18N2O3S/c1-15(20-23-24-21(27-20)18-13-8-14-28-18)26-22(25)19(16-9-4-2-5-10-16)17-11-6-3-7-12-17/h2-15,19H,1H3/t15-/m0/s1. The summed E-state index contributed by atoms with van der Waals surface area (Å²) in [5.74, 6) is -0.183. The fraction of sp³-hybridized carbons (Fsp3) is 0.136. The number of esters is 1. The van der Waals surface area contributed by atoms with Crippen LogP contribution in [0.2, 0.25) is 0 Å². The lowest BCUT2D eigenvalue weighted by molar-refractivity contribution is -0.150. The second-order valence-corrected chi connectivity index (χ2v) is 7.20. The average Bonchev–Trinajstić information content (AvgIpc) is 3.42. The number of benzene rings is 2. The molecule has 0 saturated heterocycles. The van der Waals surface area contributed by atoms with Gasteiger partial charge in [0.25, 0.3) is 11.8 Å². The lowest BCUT2D eigenvalue weighted by atomic mass is 9.91. The van der Waals surface area contributed by atoms with Gasteiger partial charge in [-0.3, -0.25) is 4.79 Å². The van der Waals surface area contributed by atoms with Crippen LogP contribution in [0, 0.1) is 0 Å². The molecule has 0 bridgehead atoms. The first-order valence-corrected chi connectivity index (χ1v) is 9.78. The lowest BCUT2D eigenvalue weighted by Gasteiger charge is -2.19. The first-order chi connectivity index (χ1) is 13.7. The van der Waals surface area contributed by atoms with Gasteiger partial charge in [-0.05, 0) is 29.5 Å². The van der Waals surface area contributed by atoms with E-state index < -0.39 is 12.0 Å². The van der Waals surface area contributed by atoms with Crippen molar-refractivity contribution in [2.75, 3.05) is 0 Å². The normalized spacial score (nSPS) is 12.1. The molecular weight excluding hydrogens is 372 g/mol. The predicted molar refractivity (Wildman–Crippen MR) is 107 cm³/mol. The fourth-order valence-corrected chi connectivity index (χ4v) is 3.59. The number of hydrogen-bond acceptors (Lipinski definition) is 6. The van der Waals surface area contributed by atoms with Gasteiger partial charge >= 0.3 is 5.97 Å². The van der Waals surface area contributed by atoms with E-state index in [-0.39, 0.29) is 11.9 Å². The number of aromatic nitrogens is 2. The van der Waals surface area contributed by atoms with Crippen molar-refractivity contribution < 1.29 is 13.9 Å². The monoisotopic (exact) mass is 390 g/mol. The predicted octanol–water partition coefficient (Wildman–Crippen LogP) is 5.23. The van der Waals surface area contributed by atoms with Gasteiger partial charge in [0.15, 0.2) is 6.10 Å². The van der Waals surface area contributed by atoms with E-state index in [2.05, 4.69) is 10.2 Å². The van der Waals surface area contributed by atoms with Crippen LogP contribution in [-0.4, -0.2) is 16.2 Å². The summed E-state index contributed by atoms with van der Waals surface area (Å²) in [7, 11) is 0. The van der Waals surface area contributed by atoms with E-state index >= 15 is 0 Å². The molecular formula is C22H18N2O3S. The third kappa shape index (κ3) is 3.87. The summed E-state index contributed by atoms with van der Waals surface area (Å²) < 4.78 is 11.4. The Morgan fingerprint density at radius 2 is 1.57 bits per heavy atom. The van der Waals surface area contributed by atoms with Gasteiger partial charge in [-0.1, -0.05) is 66.7 Å². The zero-order chi connectivity index (χ0) is 19.3. The zero-order valence-corrected chi connectivity index (χ0v) is 16.0. The Morgan fingerprint density at radius 3 is 2.14 bits per heavy atom. The number of carbonyl (C=O) groups excluding carboxylic acids is 1. The van der Waals surface area contributed by atoms with Crippen LogP contribution in [0.1, 0.15) is 36.0 Å². The molecule has 0 spiro atoms. The maximum atomic E-state index is 13.1. The van der Waals surface area contributed by atoms with E-state index in [9.17, 15) is 4.79 Å². The SMILES string of the molecule is C[C@H](OC(=O)C(c1ccccc1)c1ccccc1)c1nnc(-c2cccs2)o1. The molecule has 4 rings (SSSR count). The van der Waals surface area contributed by atoms with Crippen LogP contribution in [0.5, 0.6) is 0 Å². The van der Waals surface area contributed by atoms with Crippen molar-refractivity contribution in [3.8, 4) is 10.8 Å². The second-order valence-electron chi connectivity index (χ2n) is 6.26. The Morgan fingerprint density at radius 1 is 0.929 bits per heavy atom. The minimum absolute atomic E-state index is 0.275. The molecule has 0 unspecified atom stereocenters. The number of hydrogen-bond donors (Lipinski definition) is 0. The van der Waals surface area contributed by atoms with Gasteiger partial charge < -0.3 is 9.15 Å². The van der Waals surface area contributed by atoms with Gasteiger partial charge in [-0.2, -0.15) is 0 Å². The third-order valence-electron chi connectivity index (χ3n) is 4.31. The van der Waals surface area contributed by atoms with Crippen molar-refractivity contribution in [2.24, 2.45) is 0 Å². The highest BCUT2D eigenvalue weighted by atomic mass is 32.1. The molecule has 0 aliphatic carbocycles. The Hall–Kier alpha value is -3.25. The summed E-state index contributed by atoms with van der Waals surface area (Å²) in [6.45, 7) is 1.73. The molecule has 0 N–H and O–H groups in total. The number of carbonyl (C=O) groups is 1. The van der Waals surface area contributed by atoms with Gasteiger partial charge in [0.2, 0.25) is 0 Å². The van der Waals surface area contributed by atoms with Crippen LogP contribution < -0.4 is 0 Å². The van der Waals surface area contributed by atoms with Crippen LogP contribution in [-0.2, 0) is 9.53 Å². The van der Waals surface area contributed by atoms with Crippen LogP contribution in [0.25, 0.3) is 10.8 Å². The molecule has 6 heteroatoms.